The second kappa shape index (κ2) is 7.39. The van der Waals surface area contributed by atoms with Crippen LogP contribution in [0, 0.1) is 11.8 Å². The van der Waals surface area contributed by atoms with E-state index in [1.807, 2.05) is 0 Å². The fourth-order valence-corrected chi connectivity index (χ4v) is 6.68. The third kappa shape index (κ3) is 2.55. The Morgan fingerprint density at radius 1 is 1.23 bits per heavy atom. The van der Waals surface area contributed by atoms with Crippen LogP contribution in [-0.4, -0.2) is 76.2 Å². The molecule has 6 unspecified atom stereocenters. The minimum atomic E-state index is -0.762. The van der Waals surface area contributed by atoms with Gasteiger partial charge in [-0.15, -0.1) is 0 Å². The van der Waals surface area contributed by atoms with Gasteiger partial charge in [0, 0.05) is 49.9 Å². The summed E-state index contributed by atoms with van der Waals surface area (Å²) in [5.41, 5.74) is 2.04. The SMILES string of the molecule is COCC=C1CN2C3CC4(C(=O)Nc5c(OC)cc(OC)c(OC)c54)C2CC1C3CO. The molecule has 8 heteroatoms. The highest BCUT2D eigenvalue weighted by Gasteiger charge is 2.68. The van der Waals surface area contributed by atoms with Crippen LogP contribution in [0.1, 0.15) is 18.4 Å². The first-order valence-corrected chi connectivity index (χ1v) is 10.7. The van der Waals surface area contributed by atoms with E-state index in [2.05, 4.69) is 16.3 Å². The molecule has 1 aromatic rings. The van der Waals surface area contributed by atoms with Gasteiger partial charge in [0.25, 0.3) is 0 Å². The van der Waals surface area contributed by atoms with Crippen molar-refractivity contribution in [2.24, 2.45) is 11.8 Å². The van der Waals surface area contributed by atoms with Gasteiger partial charge in [0.05, 0.1) is 39.0 Å². The summed E-state index contributed by atoms with van der Waals surface area (Å²) in [6, 6.07) is 1.91. The highest BCUT2D eigenvalue weighted by Crippen LogP contribution is 2.64. The first-order valence-electron chi connectivity index (χ1n) is 10.7. The number of ether oxygens (including phenoxy) is 4. The lowest BCUT2D eigenvalue weighted by Gasteiger charge is -2.52. The van der Waals surface area contributed by atoms with Gasteiger partial charge in [-0.25, -0.2) is 0 Å². The zero-order valence-electron chi connectivity index (χ0n) is 18.4. The van der Waals surface area contributed by atoms with Gasteiger partial charge >= 0.3 is 0 Å². The van der Waals surface area contributed by atoms with E-state index in [0.29, 0.717) is 36.0 Å². The number of nitrogens with zero attached hydrogens (tertiary/aromatic N) is 1. The molecule has 0 radical (unpaired) electrons. The molecule has 5 heterocycles. The Balaban J connectivity index is 1.67. The number of carbonyl (C=O) groups excluding carboxylic acids is 1. The monoisotopic (exact) mass is 430 g/mol. The zero-order valence-corrected chi connectivity index (χ0v) is 18.4. The number of aliphatic hydroxyl groups excluding tert-OH is 1. The van der Waals surface area contributed by atoms with E-state index >= 15 is 0 Å². The van der Waals surface area contributed by atoms with Crippen LogP contribution in [-0.2, 0) is 14.9 Å². The number of hydrogen-bond acceptors (Lipinski definition) is 7. The number of piperidine rings is 3. The average Bonchev–Trinajstić information content (AvgIpc) is 3.22. The zero-order chi connectivity index (χ0) is 21.9. The number of methoxy groups -OCH3 is 4. The van der Waals surface area contributed by atoms with Crippen LogP contribution in [0.3, 0.4) is 0 Å². The van der Waals surface area contributed by atoms with Crippen molar-refractivity contribution in [3.8, 4) is 17.2 Å². The summed E-state index contributed by atoms with van der Waals surface area (Å²) in [5.74, 6) is 2.02. The molecule has 4 saturated heterocycles. The summed E-state index contributed by atoms with van der Waals surface area (Å²) in [6.07, 6.45) is 3.59. The Bertz CT molecular complexity index is 946. The average molecular weight is 431 g/mol. The van der Waals surface area contributed by atoms with Crippen molar-refractivity contribution in [2.75, 3.05) is 53.5 Å². The smallest absolute Gasteiger partial charge is 0.237 e. The molecule has 1 spiro atoms. The van der Waals surface area contributed by atoms with Gasteiger partial charge in [0.15, 0.2) is 11.5 Å². The van der Waals surface area contributed by atoms with Crippen LogP contribution in [0.5, 0.6) is 17.2 Å². The highest BCUT2D eigenvalue weighted by molar-refractivity contribution is 6.10. The first kappa shape index (κ1) is 20.6. The van der Waals surface area contributed by atoms with Crippen molar-refractivity contribution in [1.82, 2.24) is 4.90 Å². The number of amides is 1. The van der Waals surface area contributed by atoms with Gasteiger partial charge in [-0.2, -0.15) is 0 Å². The van der Waals surface area contributed by atoms with Crippen LogP contribution in [0.25, 0.3) is 0 Å². The van der Waals surface area contributed by atoms with E-state index < -0.39 is 5.41 Å². The number of rotatable bonds is 6. The maximum Gasteiger partial charge on any atom is 0.237 e. The van der Waals surface area contributed by atoms with Crippen LogP contribution in [0.4, 0.5) is 5.69 Å². The van der Waals surface area contributed by atoms with Gasteiger partial charge in [0.1, 0.15) is 5.75 Å². The molecule has 0 aliphatic carbocycles. The van der Waals surface area contributed by atoms with Gasteiger partial charge in [0.2, 0.25) is 5.91 Å². The third-order valence-electron chi connectivity index (χ3n) is 7.92. The minimum absolute atomic E-state index is 0.0217. The number of hydrogen-bond donors (Lipinski definition) is 2. The van der Waals surface area contributed by atoms with Crippen LogP contribution in [0.2, 0.25) is 0 Å². The van der Waals surface area contributed by atoms with Crippen LogP contribution < -0.4 is 19.5 Å². The summed E-state index contributed by atoms with van der Waals surface area (Å²) >= 11 is 0. The summed E-state index contributed by atoms with van der Waals surface area (Å²) in [6.45, 7) is 1.46. The predicted molar refractivity (Wildman–Crippen MR) is 114 cm³/mol. The molecule has 5 aliphatic heterocycles. The quantitative estimate of drug-likeness (QED) is 0.662. The maximum absolute atomic E-state index is 13.7. The number of aliphatic hydroxyl groups is 1. The minimum Gasteiger partial charge on any atom is -0.494 e. The van der Waals surface area contributed by atoms with Crippen LogP contribution in [0.15, 0.2) is 17.7 Å². The maximum atomic E-state index is 13.7. The summed E-state index contributed by atoms with van der Waals surface area (Å²) < 4.78 is 22.3. The first-order chi connectivity index (χ1) is 15.0. The molecule has 0 saturated carbocycles. The number of benzene rings is 1. The van der Waals surface area contributed by atoms with E-state index in [-0.39, 0.29) is 36.4 Å². The molecule has 168 valence electrons. The Morgan fingerprint density at radius 2 is 2.00 bits per heavy atom. The van der Waals surface area contributed by atoms with Gasteiger partial charge in [-0.05, 0) is 18.8 Å². The lowest BCUT2D eigenvalue weighted by molar-refractivity contribution is -0.122. The predicted octanol–water partition coefficient (Wildman–Crippen LogP) is 1.56. The van der Waals surface area contributed by atoms with Crippen molar-refractivity contribution < 1.29 is 28.8 Å². The second-order valence-electron chi connectivity index (χ2n) is 8.87. The van der Waals surface area contributed by atoms with E-state index in [1.54, 1.807) is 34.5 Å². The number of nitrogens with one attached hydrogen (secondary N) is 1. The number of anilines is 1. The van der Waals surface area contributed by atoms with Gasteiger partial charge < -0.3 is 29.4 Å². The van der Waals surface area contributed by atoms with Gasteiger partial charge in [-0.1, -0.05) is 11.6 Å². The summed E-state index contributed by atoms with van der Waals surface area (Å²) in [5, 5.41) is 13.4. The molecular weight excluding hydrogens is 400 g/mol. The molecule has 8 nitrogen and oxygen atoms in total. The summed E-state index contributed by atoms with van der Waals surface area (Å²) in [4.78, 5) is 16.1. The van der Waals surface area contributed by atoms with Crippen molar-refractivity contribution in [2.45, 2.75) is 30.3 Å². The fraction of sp³-hybridized carbons (Fsp3) is 0.609. The fourth-order valence-electron chi connectivity index (χ4n) is 6.68. The van der Waals surface area contributed by atoms with Crippen molar-refractivity contribution in [3.05, 3.63) is 23.3 Å². The lowest BCUT2D eigenvalue weighted by Crippen LogP contribution is -2.59. The molecular formula is C23H30N2O6. The standard InChI is InChI=1S/C23H30N2O6/c1-28-6-5-12-10-25-15-9-23(18(25)7-13(12)14(15)11-26)19-20(24-22(23)27)16(29-2)8-17(30-3)21(19)31-4/h5,8,13-15,18,26H,6-7,9-11H2,1-4H3,(H,24,27). The second-order valence-corrected chi connectivity index (χ2v) is 8.87. The molecule has 5 aliphatic rings. The van der Waals surface area contributed by atoms with Crippen molar-refractivity contribution in [3.63, 3.8) is 0 Å². The molecule has 2 N–H and O–H groups in total. The molecule has 1 aromatic carbocycles. The molecule has 6 atom stereocenters. The Kier molecular flexibility index (Phi) is 4.91. The normalized spacial score (nSPS) is 36.1. The molecule has 4 fully saturated rings. The lowest BCUT2D eigenvalue weighted by atomic mass is 9.69. The van der Waals surface area contributed by atoms with E-state index in [0.717, 1.165) is 18.5 Å². The van der Waals surface area contributed by atoms with Crippen LogP contribution >= 0.6 is 0 Å². The summed E-state index contributed by atoms with van der Waals surface area (Å²) in [7, 11) is 6.48. The Morgan fingerprint density at radius 3 is 2.65 bits per heavy atom. The van der Waals surface area contributed by atoms with Gasteiger partial charge in [-0.3, -0.25) is 9.69 Å². The molecule has 31 heavy (non-hydrogen) atoms. The van der Waals surface area contributed by atoms with E-state index in [4.69, 9.17) is 18.9 Å². The molecule has 6 rings (SSSR count). The highest BCUT2D eigenvalue weighted by atomic mass is 16.5. The number of fused-ring (bicyclic) bond motifs is 3. The molecule has 0 aromatic heterocycles. The Labute approximate surface area is 182 Å². The largest absolute Gasteiger partial charge is 0.494 e. The number of carbonyl (C=O) groups is 1. The topological polar surface area (TPSA) is 89.5 Å². The molecule has 1 amide bonds. The van der Waals surface area contributed by atoms with E-state index in [1.165, 1.54) is 5.57 Å². The van der Waals surface area contributed by atoms with E-state index in [9.17, 15) is 9.90 Å². The van der Waals surface area contributed by atoms with Crippen molar-refractivity contribution in [1.29, 1.82) is 0 Å². The Hall–Kier alpha value is -2.29. The molecule has 4 bridgehead atoms. The third-order valence-corrected chi connectivity index (χ3v) is 7.92. The van der Waals surface area contributed by atoms with Crippen molar-refractivity contribution >= 4 is 11.6 Å².